The fraction of sp³-hybridized carbons (Fsp3) is 0.303. The van der Waals surface area contributed by atoms with E-state index in [9.17, 15) is 9.90 Å². The van der Waals surface area contributed by atoms with Gasteiger partial charge in [-0.2, -0.15) is 0 Å². The third kappa shape index (κ3) is 4.75. The standard InChI is InChI=1S/C33H30N2O3/c1-22-30(21-29-8-4-7-28(34-29)18-9-23-5-2-3-6-23)31(38-35-22)26-12-10-24(11-13-26)25-14-16-27(17-15-25)33(19-20-33)32(36)37/h4,7-8,10-17,23H,2-3,5-6,19-21H2,1H3,(H,36,37). The molecular formula is C33H30N2O3. The summed E-state index contributed by atoms with van der Waals surface area (Å²) in [5.74, 6) is 7.21. The molecule has 0 saturated heterocycles. The summed E-state index contributed by atoms with van der Waals surface area (Å²) < 4.78 is 5.77. The van der Waals surface area contributed by atoms with Crippen LogP contribution in [0, 0.1) is 24.7 Å². The highest BCUT2D eigenvalue weighted by Crippen LogP contribution is 2.48. The van der Waals surface area contributed by atoms with Crippen molar-refractivity contribution in [1.29, 1.82) is 0 Å². The second-order valence-electron chi connectivity index (χ2n) is 10.6. The van der Waals surface area contributed by atoms with Crippen LogP contribution in [-0.2, 0) is 16.6 Å². The molecule has 0 aliphatic heterocycles. The van der Waals surface area contributed by atoms with Crippen molar-refractivity contribution in [2.75, 3.05) is 0 Å². The van der Waals surface area contributed by atoms with E-state index in [1.165, 1.54) is 25.7 Å². The largest absolute Gasteiger partial charge is 0.481 e. The van der Waals surface area contributed by atoms with Gasteiger partial charge in [0.2, 0.25) is 0 Å². The van der Waals surface area contributed by atoms with E-state index in [4.69, 9.17) is 9.51 Å². The van der Waals surface area contributed by atoms with Crippen LogP contribution in [0.4, 0.5) is 0 Å². The van der Waals surface area contributed by atoms with Crippen LogP contribution >= 0.6 is 0 Å². The number of hydrogen-bond acceptors (Lipinski definition) is 4. The van der Waals surface area contributed by atoms with Crippen LogP contribution in [0.2, 0.25) is 0 Å². The van der Waals surface area contributed by atoms with Crippen molar-refractivity contribution in [1.82, 2.24) is 10.1 Å². The zero-order valence-corrected chi connectivity index (χ0v) is 21.5. The lowest BCUT2D eigenvalue weighted by atomic mass is 9.93. The summed E-state index contributed by atoms with van der Waals surface area (Å²) in [6.45, 7) is 1.96. The minimum absolute atomic E-state index is 0.507. The fourth-order valence-electron chi connectivity index (χ4n) is 5.45. The number of carbonyl (C=O) groups is 1. The first-order chi connectivity index (χ1) is 18.5. The van der Waals surface area contributed by atoms with Crippen LogP contribution in [0.25, 0.3) is 22.5 Å². The topological polar surface area (TPSA) is 76.2 Å². The van der Waals surface area contributed by atoms with Crippen LogP contribution in [0.15, 0.2) is 71.3 Å². The Bertz CT molecular complexity index is 1530. The molecule has 0 atom stereocenters. The van der Waals surface area contributed by atoms with E-state index in [1.807, 2.05) is 61.5 Å². The maximum absolute atomic E-state index is 11.6. The number of aromatic nitrogens is 2. The van der Waals surface area contributed by atoms with Gasteiger partial charge in [0, 0.05) is 29.2 Å². The molecular weight excluding hydrogens is 472 g/mol. The predicted octanol–water partition coefficient (Wildman–Crippen LogP) is 6.96. The van der Waals surface area contributed by atoms with Crippen LogP contribution in [0.3, 0.4) is 0 Å². The van der Waals surface area contributed by atoms with Gasteiger partial charge in [-0.25, -0.2) is 4.98 Å². The number of pyridine rings is 1. The third-order valence-corrected chi connectivity index (χ3v) is 7.99. The van der Waals surface area contributed by atoms with E-state index in [0.29, 0.717) is 25.2 Å². The Kier molecular flexibility index (Phi) is 6.33. The molecule has 2 aliphatic carbocycles. The van der Waals surface area contributed by atoms with E-state index >= 15 is 0 Å². The van der Waals surface area contributed by atoms with Crippen LogP contribution in [0.1, 0.15) is 66.7 Å². The number of carboxylic acids is 1. The number of aryl methyl sites for hydroxylation is 1. The van der Waals surface area contributed by atoms with E-state index in [-0.39, 0.29) is 0 Å². The monoisotopic (exact) mass is 502 g/mol. The van der Waals surface area contributed by atoms with Crippen LogP contribution in [-0.4, -0.2) is 21.2 Å². The first kappa shape index (κ1) is 24.2. The molecule has 5 heteroatoms. The molecule has 2 aliphatic rings. The summed E-state index contributed by atoms with van der Waals surface area (Å²) in [6.07, 6.45) is 7.01. The Morgan fingerprint density at radius 1 is 0.974 bits per heavy atom. The summed E-state index contributed by atoms with van der Waals surface area (Å²) in [4.78, 5) is 16.4. The molecule has 2 aromatic carbocycles. The Morgan fingerprint density at radius 3 is 2.29 bits per heavy atom. The highest BCUT2D eigenvalue weighted by molar-refractivity contribution is 5.85. The number of rotatable bonds is 6. The van der Waals surface area contributed by atoms with Crippen molar-refractivity contribution in [3.05, 3.63) is 94.9 Å². The van der Waals surface area contributed by atoms with Gasteiger partial charge in [-0.15, -0.1) is 0 Å². The highest BCUT2D eigenvalue weighted by Gasteiger charge is 2.51. The Morgan fingerprint density at radius 2 is 1.63 bits per heavy atom. The summed E-state index contributed by atoms with van der Waals surface area (Å²) >= 11 is 0. The minimum atomic E-state index is -0.730. The average molecular weight is 503 g/mol. The molecule has 0 amide bonds. The first-order valence-electron chi connectivity index (χ1n) is 13.4. The zero-order chi connectivity index (χ0) is 26.1. The second-order valence-corrected chi connectivity index (χ2v) is 10.6. The van der Waals surface area contributed by atoms with Crippen molar-refractivity contribution < 1.29 is 14.4 Å². The highest BCUT2D eigenvalue weighted by atomic mass is 16.5. The van der Waals surface area contributed by atoms with Gasteiger partial charge in [0.05, 0.1) is 11.1 Å². The normalized spacial score (nSPS) is 16.1. The lowest BCUT2D eigenvalue weighted by Gasteiger charge is -2.11. The summed E-state index contributed by atoms with van der Waals surface area (Å²) in [6, 6.07) is 22.1. The molecule has 0 spiro atoms. The van der Waals surface area contributed by atoms with Crippen molar-refractivity contribution in [2.24, 2.45) is 5.92 Å². The fourth-order valence-corrected chi connectivity index (χ4v) is 5.45. The van der Waals surface area contributed by atoms with E-state index < -0.39 is 11.4 Å². The maximum Gasteiger partial charge on any atom is 0.314 e. The molecule has 2 heterocycles. The van der Waals surface area contributed by atoms with Gasteiger partial charge in [0.25, 0.3) is 0 Å². The molecule has 0 unspecified atom stereocenters. The summed E-state index contributed by atoms with van der Waals surface area (Å²) in [7, 11) is 0. The van der Waals surface area contributed by atoms with Gasteiger partial charge in [-0.3, -0.25) is 4.79 Å². The summed E-state index contributed by atoms with van der Waals surface area (Å²) in [5, 5.41) is 13.8. The molecule has 1 N–H and O–H groups in total. The van der Waals surface area contributed by atoms with Gasteiger partial charge in [0.1, 0.15) is 5.69 Å². The van der Waals surface area contributed by atoms with E-state index in [2.05, 4.69) is 29.1 Å². The third-order valence-electron chi connectivity index (χ3n) is 7.99. The molecule has 4 aromatic rings. The molecule has 2 aromatic heterocycles. The van der Waals surface area contributed by atoms with Crippen LogP contribution in [0.5, 0.6) is 0 Å². The lowest BCUT2D eigenvalue weighted by Crippen LogP contribution is -2.19. The van der Waals surface area contributed by atoms with Gasteiger partial charge in [-0.1, -0.05) is 78.5 Å². The smallest absolute Gasteiger partial charge is 0.314 e. The van der Waals surface area contributed by atoms with Gasteiger partial charge in [-0.05, 0) is 67.4 Å². The zero-order valence-electron chi connectivity index (χ0n) is 21.5. The predicted molar refractivity (Wildman–Crippen MR) is 147 cm³/mol. The molecule has 190 valence electrons. The quantitative estimate of drug-likeness (QED) is 0.288. The first-order valence-corrected chi connectivity index (χ1v) is 13.4. The van der Waals surface area contributed by atoms with E-state index in [0.717, 1.165) is 50.7 Å². The minimum Gasteiger partial charge on any atom is -0.481 e. The van der Waals surface area contributed by atoms with Gasteiger partial charge >= 0.3 is 5.97 Å². The number of nitrogens with zero attached hydrogens (tertiary/aromatic N) is 2. The Labute approximate surface area is 222 Å². The van der Waals surface area contributed by atoms with Crippen molar-refractivity contribution >= 4 is 5.97 Å². The molecule has 38 heavy (non-hydrogen) atoms. The molecule has 2 saturated carbocycles. The lowest BCUT2D eigenvalue weighted by molar-refractivity contribution is -0.140. The van der Waals surface area contributed by atoms with Crippen molar-refractivity contribution in [2.45, 2.75) is 57.3 Å². The average Bonchev–Trinajstić information content (AvgIpc) is 3.45. The Hall–Kier alpha value is -4.17. The van der Waals surface area contributed by atoms with Crippen molar-refractivity contribution in [3.63, 3.8) is 0 Å². The van der Waals surface area contributed by atoms with Crippen LogP contribution < -0.4 is 0 Å². The molecule has 0 radical (unpaired) electrons. The summed E-state index contributed by atoms with van der Waals surface area (Å²) in [5.41, 5.74) is 6.92. The van der Waals surface area contributed by atoms with Crippen molar-refractivity contribution in [3.8, 4) is 34.3 Å². The molecule has 2 fully saturated rings. The molecule has 0 bridgehead atoms. The maximum atomic E-state index is 11.6. The second kappa shape index (κ2) is 9.95. The number of benzene rings is 2. The van der Waals surface area contributed by atoms with E-state index in [1.54, 1.807) is 0 Å². The molecule has 6 rings (SSSR count). The Balaban J connectivity index is 1.20. The number of carboxylic acid groups (broad SMARTS) is 1. The number of hydrogen-bond donors (Lipinski definition) is 1. The molecule has 5 nitrogen and oxygen atoms in total. The van der Waals surface area contributed by atoms with Gasteiger partial charge < -0.3 is 9.63 Å². The SMILES string of the molecule is Cc1noc(-c2ccc(-c3ccc(C4(C(=O)O)CC4)cc3)cc2)c1Cc1cccc(C#CC2CCCC2)n1. The van der Waals surface area contributed by atoms with Gasteiger partial charge in [0.15, 0.2) is 5.76 Å². The number of aliphatic carboxylic acids is 1.